The number of hydrogen-bond donors (Lipinski definition) is 1. The number of para-hydroxylation sites is 1. The number of benzene rings is 1. The summed E-state index contributed by atoms with van der Waals surface area (Å²) >= 11 is 0. The third-order valence-corrected chi connectivity index (χ3v) is 3.68. The maximum atomic E-state index is 5.96. The van der Waals surface area contributed by atoms with E-state index in [0.717, 1.165) is 26.0 Å². The van der Waals surface area contributed by atoms with E-state index in [2.05, 4.69) is 35.5 Å². The molecule has 3 heteroatoms. The van der Waals surface area contributed by atoms with E-state index in [1.54, 1.807) is 0 Å². The van der Waals surface area contributed by atoms with Crippen LogP contribution in [0, 0.1) is 6.92 Å². The summed E-state index contributed by atoms with van der Waals surface area (Å²) < 4.78 is 0. The van der Waals surface area contributed by atoms with Crippen molar-refractivity contribution in [1.82, 2.24) is 5.32 Å². The lowest BCUT2D eigenvalue weighted by atomic mass is 10.0. The largest absolute Gasteiger partial charge is 0.295 e. The van der Waals surface area contributed by atoms with Crippen molar-refractivity contribution in [2.75, 3.05) is 18.2 Å². The zero-order chi connectivity index (χ0) is 11.7. The molecule has 0 bridgehead atoms. The van der Waals surface area contributed by atoms with Crippen LogP contribution in [0.1, 0.15) is 30.4 Å². The van der Waals surface area contributed by atoms with Crippen LogP contribution in [0.15, 0.2) is 18.2 Å². The van der Waals surface area contributed by atoms with Crippen LogP contribution in [0.2, 0.25) is 0 Å². The first kappa shape index (κ1) is 11.1. The molecule has 2 heterocycles. The van der Waals surface area contributed by atoms with Gasteiger partial charge >= 0.3 is 0 Å². The molecule has 1 saturated heterocycles. The zero-order valence-electron chi connectivity index (χ0n) is 10.4. The molecule has 0 aliphatic carbocycles. The van der Waals surface area contributed by atoms with Gasteiger partial charge in [0.15, 0.2) is 0 Å². The Bertz CT molecular complexity index is 399. The van der Waals surface area contributed by atoms with Gasteiger partial charge in [-0.3, -0.25) is 10.2 Å². The highest BCUT2D eigenvalue weighted by molar-refractivity contribution is 5.58. The van der Waals surface area contributed by atoms with Crippen LogP contribution in [0.3, 0.4) is 0 Å². The summed E-state index contributed by atoms with van der Waals surface area (Å²) in [7, 11) is 0. The molecule has 92 valence electrons. The molecule has 1 atom stereocenters. The lowest BCUT2D eigenvalue weighted by molar-refractivity contribution is 0.0849. The van der Waals surface area contributed by atoms with Crippen LogP contribution in [0.25, 0.3) is 0 Å². The lowest BCUT2D eigenvalue weighted by Gasteiger charge is -2.31. The third kappa shape index (κ3) is 2.05. The fourth-order valence-corrected chi connectivity index (χ4v) is 2.84. The molecule has 0 amide bonds. The van der Waals surface area contributed by atoms with Crippen molar-refractivity contribution < 1.29 is 4.84 Å². The Morgan fingerprint density at radius 1 is 1.35 bits per heavy atom. The van der Waals surface area contributed by atoms with Crippen LogP contribution in [0.5, 0.6) is 0 Å². The molecule has 0 saturated carbocycles. The van der Waals surface area contributed by atoms with Gasteiger partial charge in [-0.1, -0.05) is 18.2 Å². The van der Waals surface area contributed by atoms with Crippen molar-refractivity contribution in [2.24, 2.45) is 0 Å². The van der Waals surface area contributed by atoms with E-state index in [1.165, 1.54) is 29.7 Å². The van der Waals surface area contributed by atoms with Crippen molar-refractivity contribution in [2.45, 2.75) is 38.8 Å². The standard InChI is InChI=1S/C14H20N2O/c1-11-5-2-6-12-7-4-10-17-16(14(11)12)13-8-3-9-15-13/h2,5-6,13,15H,3-4,7-10H2,1H3/t13-/m0/s1. The van der Waals surface area contributed by atoms with E-state index in [1.807, 2.05) is 0 Å². The molecule has 1 N–H and O–H groups in total. The molecule has 3 nitrogen and oxygen atoms in total. The van der Waals surface area contributed by atoms with Gasteiger partial charge in [-0.2, -0.15) is 0 Å². The molecule has 2 aliphatic rings. The molecule has 17 heavy (non-hydrogen) atoms. The molecular formula is C14H20N2O. The van der Waals surface area contributed by atoms with E-state index in [4.69, 9.17) is 4.84 Å². The van der Waals surface area contributed by atoms with E-state index in [9.17, 15) is 0 Å². The number of rotatable bonds is 1. The Hall–Kier alpha value is -1.06. The number of nitrogens with zero attached hydrogens (tertiary/aromatic N) is 1. The van der Waals surface area contributed by atoms with Crippen molar-refractivity contribution in [3.8, 4) is 0 Å². The normalized spacial score (nSPS) is 24.5. The summed E-state index contributed by atoms with van der Waals surface area (Å²) in [5.74, 6) is 0. The molecule has 3 rings (SSSR count). The average Bonchev–Trinajstić information content (AvgIpc) is 2.76. The van der Waals surface area contributed by atoms with Gasteiger partial charge in [0.25, 0.3) is 0 Å². The average molecular weight is 232 g/mol. The molecule has 1 aromatic rings. The number of hydroxylamine groups is 1. The first-order valence-electron chi connectivity index (χ1n) is 6.60. The summed E-state index contributed by atoms with van der Waals surface area (Å²) in [6.45, 7) is 4.10. The van der Waals surface area contributed by atoms with Crippen LogP contribution in [-0.2, 0) is 11.3 Å². The van der Waals surface area contributed by atoms with Crippen LogP contribution >= 0.6 is 0 Å². The highest BCUT2D eigenvalue weighted by Crippen LogP contribution is 2.31. The topological polar surface area (TPSA) is 24.5 Å². The monoisotopic (exact) mass is 232 g/mol. The summed E-state index contributed by atoms with van der Waals surface area (Å²) in [5.41, 5.74) is 4.04. The van der Waals surface area contributed by atoms with Crippen molar-refractivity contribution >= 4 is 5.69 Å². The van der Waals surface area contributed by atoms with Crippen molar-refractivity contribution in [1.29, 1.82) is 0 Å². The third-order valence-electron chi connectivity index (χ3n) is 3.68. The zero-order valence-corrected chi connectivity index (χ0v) is 10.4. The summed E-state index contributed by atoms with van der Waals surface area (Å²) in [4.78, 5) is 5.96. The van der Waals surface area contributed by atoms with E-state index in [0.29, 0.717) is 6.17 Å². The van der Waals surface area contributed by atoms with E-state index < -0.39 is 0 Å². The quantitative estimate of drug-likeness (QED) is 0.804. The predicted octanol–water partition coefficient (Wildman–Crippen LogP) is 2.39. The molecule has 0 radical (unpaired) electrons. The van der Waals surface area contributed by atoms with E-state index in [-0.39, 0.29) is 0 Å². The van der Waals surface area contributed by atoms with Gasteiger partial charge in [0.05, 0.1) is 12.3 Å². The van der Waals surface area contributed by atoms with Gasteiger partial charge in [-0.25, -0.2) is 5.06 Å². The van der Waals surface area contributed by atoms with Crippen molar-refractivity contribution in [3.63, 3.8) is 0 Å². The minimum absolute atomic E-state index is 0.355. The molecule has 2 aliphatic heterocycles. The number of fused-ring (bicyclic) bond motifs is 1. The summed E-state index contributed by atoms with van der Waals surface area (Å²) in [6.07, 6.45) is 5.01. The smallest absolute Gasteiger partial charge is 0.106 e. The second kappa shape index (κ2) is 4.67. The number of hydrogen-bond acceptors (Lipinski definition) is 3. The van der Waals surface area contributed by atoms with Gasteiger partial charge < -0.3 is 0 Å². The van der Waals surface area contributed by atoms with Gasteiger partial charge in [0.2, 0.25) is 0 Å². The van der Waals surface area contributed by atoms with Gasteiger partial charge in [-0.15, -0.1) is 0 Å². The summed E-state index contributed by atoms with van der Waals surface area (Å²) in [6, 6.07) is 6.56. The lowest BCUT2D eigenvalue weighted by Crippen LogP contribution is -2.42. The molecule has 0 spiro atoms. The Morgan fingerprint density at radius 2 is 2.29 bits per heavy atom. The van der Waals surface area contributed by atoms with Crippen LogP contribution in [-0.4, -0.2) is 19.3 Å². The second-order valence-corrected chi connectivity index (χ2v) is 4.96. The Morgan fingerprint density at radius 3 is 3.12 bits per heavy atom. The SMILES string of the molecule is Cc1cccc2c1N([C@H]1CCCN1)OCCC2. The maximum Gasteiger partial charge on any atom is 0.106 e. The first-order chi connectivity index (χ1) is 8.36. The number of anilines is 1. The molecule has 1 aromatic carbocycles. The first-order valence-corrected chi connectivity index (χ1v) is 6.60. The van der Waals surface area contributed by atoms with Gasteiger partial charge in [0.1, 0.15) is 6.17 Å². The number of nitrogens with one attached hydrogen (secondary N) is 1. The van der Waals surface area contributed by atoms with Gasteiger partial charge in [0, 0.05) is 0 Å². The number of aryl methyl sites for hydroxylation is 2. The van der Waals surface area contributed by atoms with Crippen molar-refractivity contribution in [3.05, 3.63) is 29.3 Å². The Balaban J connectivity index is 1.99. The Labute approximate surface area is 103 Å². The van der Waals surface area contributed by atoms with E-state index >= 15 is 0 Å². The molecule has 0 aromatic heterocycles. The maximum absolute atomic E-state index is 5.96. The highest BCUT2D eigenvalue weighted by atomic mass is 16.7. The van der Waals surface area contributed by atoms with Gasteiger partial charge in [-0.05, 0) is 50.3 Å². The molecule has 1 fully saturated rings. The highest BCUT2D eigenvalue weighted by Gasteiger charge is 2.27. The molecule has 0 unspecified atom stereocenters. The molecular weight excluding hydrogens is 212 g/mol. The van der Waals surface area contributed by atoms with Crippen LogP contribution in [0.4, 0.5) is 5.69 Å². The Kier molecular flexibility index (Phi) is 3.04. The predicted molar refractivity (Wildman–Crippen MR) is 69.0 cm³/mol. The minimum atomic E-state index is 0.355. The minimum Gasteiger partial charge on any atom is -0.295 e. The second-order valence-electron chi connectivity index (χ2n) is 4.96. The van der Waals surface area contributed by atoms with Crippen LogP contribution < -0.4 is 10.4 Å². The summed E-state index contributed by atoms with van der Waals surface area (Å²) in [5, 5.41) is 5.65. The fourth-order valence-electron chi connectivity index (χ4n) is 2.84. The fraction of sp³-hybridized carbons (Fsp3) is 0.571.